The zero-order valence-corrected chi connectivity index (χ0v) is 13.5. The Morgan fingerprint density at radius 3 is 2.52 bits per heavy atom. The summed E-state index contributed by atoms with van der Waals surface area (Å²) in [5, 5.41) is 1.31. The van der Waals surface area contributed by atoms with E-state index < -0.39 is 0 Å². The van der Waals surface area contributed by atoms with E-state index >= 15 is 0 Å². The van der Waals surface area contributed by atoms with Crippen molar-refractivity contribution < 1.29 is 4.79 Å². The van der Waals surface area contributed by atoms with E-state index in [0.717, 1.165) is 16.2 Å². The Morgan fingerprint density at radius 2 is 1.81 bits per heavy atom. The Morgan fingerprint density at radius 1 is 1.10 bits per heavy atom. The SMILES string of the molecule is CC1=Cc2c(Cl)cccc2SN1C(=O)c1ccc(Cl)cc1. The van der Waals surface area contributed by atoms with Crippen LogP contribution < -0.4 is 0 Å². The van der Waals surface area contributed by atoms with Gasteiger partial charge >= 0.3 is 0 Å². The first-order valence-corrected chi connectivity index (χ1v) is 7.84. The molecule has 0 aliphatic carbocycles. The predicted octanol–water partition coefficient (Wildman–Crippen LogP) is 5.52. The third-order valence-corrected chi connectivity index (χ3v) is 4.92. The van der Waals surface area contributed by atoms with Crippen molar-refractivity contribution in [1.82, 2.24) is 4.31 Å². The maximum absolute atomic E-state index is 12.6. The molecule has 1 amide bonds. The number of carbonyl (C=O) groups excluding carboxylic acids is 1. The number of fused-ring (bicyclic) bond motifs is 1. The third kappa shape index (κ3) is 2.82. The monoisotopic (exact) mass is 335 g/mol. The van der Waals surface area contributed by atoms with E-state index in [-0.39, 0.29) is 5.91 Å². The van der Waals surface area contributed by atoms with Gasteiger partial charge in [-0.3, -0.25) is 4.79 Å². The van der Waals surface area contributed by atoms with Crippen LogP contribution >= 0.6 is 35.1 Å². The molecule has 0 saturated carbocycles. The first kappa shape index (κ1) is 14.5. The number of hydrogen-bond donors (Lipinski definition) is 0. The number of amides is 1. The lowest BCUT2D eigenvalue weighted by Crippen LogP contribution is -2.24. The number of allylic oxidation sites excluding steroid dienone is 1. The predicted molar refractivity (Wildman–Crippen MR) is 88.6 cm³/mol. The summed E-state index contributed by atoms with van der Waals surface area (Å²) >= 11 is 13.4. The second-order valence-electron chi connectivity index (χ2n) is 4.64. The van der Waals surface area contributed by atoms with Crippen molar-refractivity contribution in [2.75, 3.05) is 0 Å². The molecule has 0 bridgehead atoms. The van der Waals surface area contributed by atoms with Crippen LogP contribution in [0.3, 0.4) is 0 Å². The fraction of sp³-hybridized carbons (Fsp3) is 0.0625. The van der Waals surface area contributed by atoms with Gasteiger partial charge in [0.1, 0.15) is 0 Å². The number of carbonyl (C=O) groups is 1. The molecule has 0 spiro atoms. The van der Waals surface area contributed by atoms with E-state index in [2.05, 4.69) is 0 Å². The third-order valence-electron chi connectivity index (χ3n) is 3.15. The highest BCUT2D eigenvalue weighted by atomic mass is 35.5. The zero-order chi connectivity index (χ0) is 15.0. The van der Waals surface area contributed by atoms with Gasteiger partial charge in [0.2, 0.25) is 0 Å². The second-order valence-corrected chi connectivity index (χ2v) is 6.47. The lowest BCUT2D eigenvalue weighted by molar-refractivity contribution is 0.0898. The first-order valence-electron chi connectivity index (χ1n) is 6.31. The standard InChI is InChI=1S/C16H11Cl2NOS/c1-10-9-13-14(18)3-2-4-15(13)21-19(10)16(20)11-5-7-12(17)8-6-11/h2-9H,1H3. The summed E-state index contributed by atoms with van der Waals surface area (Å²) in [5.41, 5.74) is 2.41. The van der Waals surface area contributed by atoms with Crippen LogP contribution in [0.1, 0.15) is 22.8 Å². The second kappa shape index (κ2) is 5.76. The van der Waals surface area contributed by atoms with Crippen LogP contribution in [0.2, 0.25) is 10.0 Å². The minimum Gasteiger partial charge on any atom is -0.268 e. The number of nitrogens with zero attached hydrogens (tertiary/aromatic N) is 1. The molecule has 21 heavy (non-hydrogen) atoms. The average Bonchev–Trinajstić information content (AvgIpc) is 2.48. The lowest BCUT2D eigenvalue weighted by atomic mass is 10.1. The Hall–Kier alpha value is -1.42. The molecule has 0 aromatic heterocycles. The smallest absolute Gasteiger partial charge is 0.268 e. The van der Waals surface area contributed by atoms with Crippen molar-refractivity contribution in [1.29, 1.82) is 0 Å². The Balaban J connectivity index is 1.95. The van der Waals surface area contributed by atoms with Crippen LogP contribution in [0.15, 0.2) is 53.1 Å². The van der Waals surface area contributed by atoms with Crippen molar-refractivity contribution >= 4 is 47.1 Å². The Labute approximate surface area is 137 Å². The molecule has 106 valence electrons. The normalized spacial score (nSPS) is 13.7. The van der Waals surface area contributed by atoms with Gasteiger partial charge in [-0.25, -0.2) is 4.31 Å². The van der Waals surface area contributed by atoms with E-state index in [9.17, 15) is 4.79 Å². The molecule has 0 N–H and O–H groups in total. The first-order chi connectivity index (χ1) is 10.1. The molecule has 0 radical (unpaired) electrons. The van der Waals surface area contributed by atoms with Gasteiger partial charge in [0.15, 0.2) is 0 Å². The van der Waals surface area contributed by atoms with Crippen molar-refractivity contribution in [3.63, 3.8) is 0 Å². The Kier molecular flexibility index (Phi) is 3.98. The molecule has 0 unspecified atom stereocenters. The molecular weight excluding hydrogens is 325 g/mol. The largest absolute Gasteiger partial charge is 0.268 e. The molecule has 2 aromatic carbocycles. The van der Waals surface area contributed by atoms with E-state index in [1.54, 1.807) is 28.6 Å². The van der Waals surface area contributed by atoms with Crippen LogP contribution in [0.25, 0.3) is 6.08 Å². The van der Waals surface area contributed by atoms with E-state index in [0.29, 0.717) is 15.6 Å². The summed E-state index contributed by atoms with van der Waals surface area (Å²) in [7, 11) is 0. The fourth-order valence-corrected chi connectivity index (χ4v) is 3.49. The molecule has 0 fully saturated rings. The van der Waals surface area contributed by atoms with Crippen molar-refractivity contribution in [3.8, 4) is 0 Å². The molecule has 1 heterocycles. The summed E-state index contributed by atoms with van der Waals surface area (Å²) in [6, 6.07) is 12.6. The molecule has 0 atom stereocenters. The summed E-state index contributed by atoms with van der Waals surface area (Å²) in [5.74, 6) is -0.0731. The van der Waals surface area contributed by atoms with E-state index in [1.165, 1.54) is 11.9 Å². The molecule has 1 aliphatic rings. The highest BCUT2D eigenvalue weighted by molar-refractivity contribution is 7.97. The van der Waals surface area contributed by atoms with Crippen LogP contribution in [-0.2, 0) is 0 Å². The number of benzene rings is 2. The van der Waals surface area contributed by atoms with Crippen LogP contribution in [0, 0.1) is 0 Å². The Bertz CT molecular complexity index is 740. The molecule has 5 heteroatoms. The summed E-state index contributed by atoms with van der Waals surface area (Å²) in [6.45, 7) is 1.90. The number of hydrogen-bond acceptors (Lipinski definition) is 2. The van der Waals surface area contributed by atoms with Gasteiger partial charge in [-0.2, -0.15) is 0 Å². The van der Waals surface area contributed by atoms with Gasteiger partial charge in [-0.1, -0.05) is 29.3 Å². The van der Waals surface area contributed by atoms with Gasteiger partial charge in [0.05, 0.1) is 0 Å². The minimum absolute atomic E-state index is 0.0731. The lowest BCUT2D eigenvalue weighted by Gasteiger charge is -2.27. The highest BCUT2D eigenvalue weighted by Gasteiger charge is 2.24. The molecule has 0 saturated heterocycles. The van der Waals surface area contributed by atoms with Crippen LogP contribution in [-0.4, -0.2) is 10.2 Å². The quantitative estimate of drug-likeness (QED) is 0.639. The molecule has 2 aromatic rings. The van der Waals surface area contributed by atoms with Crippen LogP contribution in [0.4, 0.5) is 0 Å². The average molecular weight is 336 g/mol. The van der Waals surface area contributed by atoms with Gasteiger partial charge in [0.25, 0.3) is 5.91 Å². The summed E-state index contributed by atoms with van der Waals surface area (Å²) in [6.07, 6.45) is 1.93. The van der Waals surface area contributed by atoms with Crippen molar-refractivity contribution in [3.05, 3.63) is 69.3 Å². The van der Waals surface area contributed by atoms with E-state index in [4.69, 9.17) is 23.2 Å². The highest BCUT2D eigenvalue weighted by Crippen LogP contribution is 2.39. The fourth-order valence-electron chi connectivity index (χ4n) is 2.09. The van der Waals surface area contributed by atoms with Crippen molar-refractivity contribution in [2.45, 2.75) is 11.8 Å². The van der Waals surface area contributed by atoms with Crippen molar-refractivity contribution in [2.24, 2.45) is 0 Å². The number of halogens is 2. The summed E-state index contributed by atoms with van der Waals surface area (Å²) < 4.78 is 1.67. The summed E-state index contributed by atoms with van der Waals surface area (Å²) in [4.78, 5) is 13.6. The van der Waals surface area contributed by atoms with Gasteiger partial charge in [-0.15, -0.1) is 0 Å². The van der Waals surface area contributed by atoms with Crippen LogP contribution in [0.5, 0.6) is 0 Å². The molecule has 2 nitrogen and oxygen atoms in total. The topological polar surface area (TPSA) is 20.3 Å². The zero-order valence-electron chi connectivity index (χ0n) is 11.1. The maximum Gasteiger partial charge on any atom is 0.268 e. The van der Waals surface area contributed by atoms with E-state index in [1.807, 2.05) is 31.2 Å². The maximum atomic E-state index is 12.6. The van der Waals surface area contributed by atoms with Gasteiger partial charge in [0, 0.05) is 31.8 Å². The molecule has 1 aliphatic heterocycles. The molecule has 3 rings (SSSR count). The minimum atomic E-state index is -0.0731. The van der Waals surface area contributed by atoms with Gasteiger partial charge in [-0.05, 0) is 61.3 Å². The number of rotatable bonds is 1. The van der Waals surface area contributed by atoms with Gasteiger partial charge < -0.3 is 0 Å². The molecular formula is C16H11Cl2NOS.